The summed E-state index contributed by atoms with van der Waals surface area (Å²) < 4.78 is 23.0. The third-order valence-corrected chi connectivity index (χ3v) is 1.71. The van der Waals surface area contributed by atoms with Crippen LogP contribution in [0.3, 0.4) is 0 Å². The van der Waals surface area contributed by atoms with Crippen LogP contribution in [0.15, 0.2) is 12.7 Å². The van der Waals surface area contributed by atoms with Crippen LogP contribution in [0.4, 0.5) is 0 Å². The van der Waals surface area contributed by atoms with Gasteiger partial charge in [0, 0.05) is 13.2 Å². The van der Waals surface area contributed by atoms with Crippen molar-refractivity contribution in [3.63, 3.8) is 0 Å². The maximum absolute atomic E-state index is 10.5. The molecule has 0 heterocycles. The minimum atomic E-state index is -4.05. The van der Waals surface area contributed by atoms with Gasteiger partial charge in [-0.25, -0.2) is 13.9 Å². The SMILES string of the molecule is C=CC(=O)OCOP(=O)(O)OC.[NaH].[NaH]. The van der Waals surface area contributed by atoms with Crippen molar-refractivity contribution in [2.45, 2.75) is 0 Å². The van der Waals surface area contributed by atoms with Crippen molar-refractivity contribution >= 4 is 72.9 Å². The number of phosphoric ester groups is 1. The van der Waals surface area contributed by atoms with Gasteiger partial charge in [0.1, 0.15) is 0 Å². The van der Waals surface area contributed by atoms with E-state index >= 15 is 0 Å². The molecule has 1 atom stereocenters. The van der Waals surface area contributed by atoms with Crippen LogP contribution in [0.25, 0.3) is 0 Å². The van der Waals surface area contributed by atoms with E-state index in [1.54, 1.807) is 0 Å². The summed E-state index contributed by atoms with van der Waals surface area (Å²) in [6.45, 7) is 2.46. The van der Waals surface area contributed by atoms with E-state index in [9.17, 15) is 9.36 Å². The first-order valence-electron chi connectivity index (χ1n) is 2.84. The zero-order valence-electron chi connectivity index (χ0n) is 6.43. The molecule has 0 amide bonds. The Morgan fingerprint density at radius 2 is 2.07 bits per heavy atom. The van der Waals surface area contributed by atoms with Gasteiger partial charge >= 0.3 is 72.9 Å². The maximum atomic E-state index is 10.5. The second kappa shape index (κ2) is 10.8. The molecule has 0 saturated heterocycles. The Hall–Kier alpha value is 1.32. The number of rotatable bonds is 5. The number of phosphoric acid groups is 1. The van der Waals surface area contributed by atoms with Crippen LogP contribution in [-0.4, -0.2) is 83.9 Å². The third kappa shape index (κ3) is 11.4. The number of hydrogen-bond acceptors (Lipinski definition) is 5. The Morgan fingerprint density at radius 3 is 2.43 bits per heavy atom. The first-order chi connectivity index (χ1) is 5.52. The summed E-state index contributed by atoms with van der Waals surface area (Å²) in [7, 11) is -3.06. The molecule has 0 aromatic carbocycles. The van der Waals surface area contributed by atoms with Crippen molar-refractivity contribution in [3.8, 4) is 0 Å². The first-order valence-corrected chi connectivity index (χ1v) is 4.33. The van der Waals surface area contributed by atoms with Crippen LogP contribution in [-0.2, 0) is 23.1 Å². The summed E-state index contributed by atoms with van der Waals surface area (Å²) in [5.41, 5.74) is 0. The Labute approximate surface area is 126 Å². The molecule has 0 radical (unpaired) electrons. The molecule has 1 N–H and O–H groups in total. The van der Waals surface area contributed by atoms with Crippen molar-refractivity contribution in [2.24, 2.45) is 0 Å². The van der Waals surface area contributed by atoms with Gasteiger partial charge in [-0.15, -0.1) is 0 Å². The third-order valence-electron chi connectivity index (χ3n) is 0.814. The van der Waals surface area contributed by atoms with Crippen molar-refractivity contribution in [1.82, 2.24) is 0 Å². The molecule has 0 spiro atoms. The van der Waals surface area contributed by atoms with Crippen molar-refractivity contribution in [3.05, 3.63) is 12.7 Å². The van der Waals surface area contributed by atoms with E-state index in [0.29, 0.717) is 0 Å². The summed E-state index contributed by atoms with van der Waals surface area (Å²) in [5, 5.41) is 0. The van der Waals surface area contributed by atoms with Gasteiger partial charge in [0.05, 0.1) is 0 Å². The van der Waals surface area contributed by atoms with Crippen molar-refractivity contribution in [2.75, 3.05) is 13.9 Å². The van der Waals surface area contributed by atoms with Crippen molar-refractivity contribution in [1.29, 1.82) is 0 Å². The summed E-state index contributed by atoms with van der Waals surface area (Å²) in [6, 6.07) is 0. The summed E-state index contributed by atoms with van der Waals surface area (Å²) in [4.78, 5) is 19.0. The van der Waals surface area contributed by atoms with Crippen LogP contribution < -0.4 is 0 Å². The molecule has 1 unspecified atom stereocenters. The molecule has 0 aliphatic rings. The van der Waals surface area contributed by atoms with Crippen LogP contribution in [0.2, 0.25) is 0 Å². The number of esters is 1. The van der Waals surface area contributed by atoms with E-state index < -0.39 is 20.6 Å². The average Bonchev–Trinajstić information content (AvgIpc) is 2.04. The molecular weight excluding hydrogens is 233 g/mol. The fraction of sp³-hybridized carbons (Fsp3) is 0.400. The van der Waals surface area contributed by atoms with Gasteiger partial charge in [0.25, 0.3) is 0 Å². The fourth-order valence-electron chi connectivity index (χ4n) is 0.263. The van der Waals surface area contributed by atoms with Crippen LogP contribution in [0.5, 0.6) is 0 Å². The molecule has 0 saturated carbocycles. The van der Waals surface area contributed by atoms with Gasteiger partial charge < -0.3 is 9.63 Å². The molecule has 0 aliphatic carbocycles. The second-order valence-corrected chi connectivity index (χ2v) is 3.13. The average molecular weight is 244 g/mol. The zero-order valence-corrected chi connectivity index (χ0v) is 7.32. The predicted molar refractivity (Wildman–Crippen MR) is 53.4 cm³/mol. The molecule has 74 valence electrons. The van der Waals surface area contributed by atoms with Crippen LogP contribution in [0.1, 0.15) is 0 Å². The minimum absolute atomic E-state index is 0. The number of hydrogen-bond donors (Lipinski definition) is 1. The van der Waals surface area contributed by atoms with Gasteiger partial charge in [-0.2, -0.15) is 0 Å². The van der Waals surface area contributed by atoms with Gasteiger partial charge in [0.15, 0.2) is 0 Å². The Kier molecular flexibility index (Phi) is 16.0. The summed E-state index contributed by atoms with van der Waals surface area (Å²) >= 11 is 0. The van der Waals surface area contributed by atoms with E-state index in [4.69, 9.17) is 4.89 Å². The van der Waals surface area contributed by atoms with Gasteiger partial charge in [0.2, 0.25) is 6.79 Å². The fourth-order valence-corrected chi connectivity index (χ4v) is 0.554. The van der Waals surface area contributed by atoms with Crippen LogP contribution in [0, 0.1) is 0 Å². The number of ether oxygens (including phenoxy) is 1. The number of carbonyl (C=O) groups is 1. The molecule has 0 aliphatic heterocycles. The second-order valence-electron chi connectivity index (χ2n) is 1.57. The molecule has 6 nitrogen and oxygen atoms in total. The molecule has 0 aromatic rings. The normalized spacial score (nSPS) is 12.7. The van der Waals surface area contributed by atoms with Gasteiger partial charge in [-0.3, -0.25) is 4.52 Å². The summed E-state index contributed by atoms with van der Waals surface area (Å²) in [6.07, 6.45) is 0.901. The van der Waals surface area contributed by atoms with E-state index in [-0.39, 0.29) is 59.1 Å². The zero-order chi connectivity index (χ0) is 9.61. The molecular formula is C5H11Na2O6P. The molecule has 14 heavy (non-hydrogen) atoms. The van der Waals surface area contributed by atoms with Gasteiger partial charge in [-0.1, -0.05) is 6.58 Å². The summed E-state index contributed by atoms with van der Waals surface area (Å²) in [5.74, 6) is -0.744. The Balaban J connectivity index is -0.000000605. The van der Waals surface area contributed by atoms with Crippen molar-refractivity contribution < 1.29 is 28.0 Å². The van der Waals surface area contributed by atoms with Gasteiger partial charge in [-0.05, 0) is 0 Å². The predicted octanol–water partition coefficient (Wildman–Crippen LogP) is -0.861. The molecule has 0 fully saturated rings. The Bertz CT molecular complexity index is 220. The van der Waals surface area contributed by atoms with E-state index in [0.717, 1.165) is 13.2 Å². The standard InChI is InChI=1S/C5H9O6P.2Na.2H/c1-3-5(6)10-4-11-12(7,8)9-2;;;;/h3H,1,4H2,2H3,(H,7,8);;;;. The monoisotopic (exact) mass is 244 g/mol. The van der Waals surface area contributed by atoms with E-state index in [2.05, 4.69) is 20.4 Å². The quantitative estimate of drug-likeness (QED) is 0.223. The molecule has 0 bridgehead atoms. The van der Waals surface area contributed by atoms with Crippen LogP contribution >= 0.6 is 7.82 Å². The molecule has 0 rings (SSSR count). The topological polar surface area (TPSA) is 82.1 Å². The Morgan fingerprint density at radius 1 is 1.57 bits per heavy atom. The number of carbonyl (C=O) groups excluding carboxylic acids is 1. The van der Waals surface area contributed by atoms with E-state index in [1.165, 1.54) is 0 Å². The molecule has 0 aromatic heterocycles. The first kappa shape index (κ1) is 20.7. The van der Waals surface area contributed by atoms with E-state index in [1.807, 2.05) is 0 Å². The molecule has 9 heteroatoms.